The Bertz CT molecular complexity index is 224. The number of rotatable bonds is 6. The molecule has 0 amide bonds. The maximum absolute atomic E-state index is 4.45. The zero-order chi connectivity index (χ0) is 14.9. The number of unbranched alkanes of at least 4 members (excludes halogenated alkanes) is 1. The number of hydrogen-bond donors (Lipinski definition) is 0. The molecule has 1 aliphatic carbocycles. The van der Waals surface area contributed by atoms with Crippen LogP contribution in [0.1, 0.15) is 39.5 Å². The van der Waals surface area contributed by atoms with E-state index in [4.69, 9.17) is 0 Å². The van der Waals surface area contributed by atoms with Crippen LogP contribution in [-0.2, 0) is 25.8 Å². The first-order chi connectivity index (χ1) is 9.12. The van der Waals surface area contributed by atoms with Gasteiger partial charge in [0.05, 0.1) is 0 Å². The summed E-state index contributed by atoms with van der Waals surface area (Å²) in [5.41, 5.74) is 1.59. The molecule has 0 spiro atoms. The molecule has 0 aromatic heterocycles. The van der Waals surface area contributed by atoms with Gasteiger partial charge in [-0.3, -0.25) is 0 Å². The number of allylic oxidation sites excluding steroid dienone is 4. The van der Waals surface area contributed by atoms with E-state index in [1.807, 2.05) is 0 Å². The minimum atomic E-state index is 0. The molecule has 21 heavy (non-hydrogen) atoms. The number of nitrogens with zero attached hydrogens (tertiary/aromatic N) is 3. The van der Waals surface area contributed by atoms with E-state index in [0.29, 0.717) is 6.04 Å². The molecule has 0 radical (unpaired) electrons. The van der Waals surface area contributed by atoms with Crippen LogP contribution in [0.4, 0.5) is 0 Å². The zero-order valence-corrected chi connectivity index (χ0v) is 18.8. The fourth-order valence-corrected chi connectivity index (χ4v) is 1.49. The van der Waals surface area contributed by atoms with E-state index in [9.17, 15) is 0 Å². The van der Waals surface area contributed by atoms with Crippen LogP contribution in [0.3, 0.4) is 0 Å². The van der Waals surface area contributed by atoms with E-state index in [1.165, 1.54) is 25.7 Å². The number of hydrogen-bond acceptors (Lipinski definition) is 0. The summed E-state index contributed by atoms with van der Waals surface area (Å²) in [5.74, 6) is 0. The molecule has 0 N–H and O–H groups in total. The Labute approximate surface area is 153 Å². The molecule has 0 aliphatic heterocycles. The summed E-state index contributed by atoms with van der Waals surface area (Å²) in [6.07, 6.45) is 11.6. The van der Waals surface area contributed by atoms with E-state index in [1.54, 1.807) is 33.8 Å². The van der Waals surface area contributed by atoms with Crippen molar-refractivity contribution in [3.63, 3.8) is 0 Å². The van der Waals surface area contributed by atoms with Crippen LogP contribution in [0.25, 0.3) is 16.0 Å². The van der Waals surface area contributed by atoms with E-state index in [2.05, 4.69) is 48.0 Å². The van der Waals surface area contributed by atoms with Gasteiger partial charge in [-0.25, -0.2) is 0 Å². The van der Waals surface area contributed by atoms with Gasteiger partial charge in [-0.1, -0.05) is 50.5 Å². The summed E-state index contributed by atoms with van der Waals surface area (Å²) in [7, 11) is 7.00. The van der Waals surface area contributed by atoms with Crippen molar-refractivity contribution in [1.82, 2.24) is 0 Å². The van der Waals surface area contributed by atoms with Crippen LogP contribution in [0, 0.1) is 7.43 Å². The Balaban J connectivity index is -0.000000157. The summed E-state index contributed by atoms with van der Waals surface area (Å²) >= 11 is 0. The monoisotopic (exact) mass is 461 g/mol. The molecule has 0 atom stereocenters. The molecule has 3 nitrogen and oxygen atoms in total. The average Bonchev–Trinajstić information content (AvgIpc) is 2.83. The Hall–Kier alpha value is 0.230. The fraction of sp³-hybridized carbons (Fsp3) is 0.706. The predicted molar refractivity (Wildman–Crippen MR) is 95.9 cm³/mol. The van der Waals surface area contributed by atoms with Gasteiger partial charge in [0.1, 0.15) is 0 Å². The van der Waals surface area contributed by atoms with Gasteiger partial charge in [-0.05, 0) is 12.8 Å². The van der Waals surface area contributed by atoms with Gasteiger partial charge in [-0.15, -0.1) is 12.6 Å². The first-order valence-corrected chi connectivity index (χ1v) is 7.09. The molecule has 4 heteroatoms. The van der Waals surface area contributed by atoms with Crippen LogP contribution in [0.2, 0.25) is 0 Å². The Morgan fingerprint density at radius 1 is 1.05 bits per heavy atom. The molecule has 0 fully saturated rings. The molecule has 0 bridgehead atoms. The molecular weight excluding hydrogens is 425 g/mol. The van der Waals surface area contributed by atoms with E-state index in [0.717, 1.165) is 6.54 Å². The summed E-state index contributed by atoms with van der Waals surface area (Å²) < 4.78 is 0. The Morgan fingerprint density at radius 2 is 1.57 bits per heavy atom. The zero-order valence-electron chi connectivity index (χ0n) is 15.2. The maximum Gasteiger partial charge on any atom is 4.00 e. The molecule has 1 rings (SSSR count). The van der Waals surface area contributed by atoms with Crippen molar-refractivity contribution in [2.45, 2.75) is 45.6 Å². The molecular formula is C17H35HfN3. The third kappa shape index (κ3) is 29.0. The fourth-order valence-electron chi connectivity index (χ4n) is 1.49. The second kappa shape index (κ2) is 25.2. The quantitative estimate of drug-likeness (QED) is 0.285. The molecule has 1 aliphatic rings. The van der Waals surface area contributed by atoms with Crippen molar-refractivity contribution >= 4 is 0 Å². The van der Waals surface area contributed by atoms with E-state index >= 15 is 0 Å². The second-order valence-electron chi connectivity index (χ2n) is 4.81. The van der Waals surface area contributed by atoms with Crippen LogP contribution in [0.5, 0.6) is 0 Å². The molecule has 0 aromatic carbocycles. The Morgan fingerprint density at radius 3 is 1.95 bits per heavy atom. The van der Waals surface area contributed by atoms with Crippen molar-refractivity contribution in [2.24, 2.45) is 0 Å². The molecule has 0 heterocycles. The summed E-state index contributed by atoms with van der Waals surface area (Å²) in [4.78, 5) is 0. The first-order valence-electron chi connectivity index (χ1n) is 7.09. The molecule has 0 aromatic rings. The van der Waals surface area contributed by atoms with Gasteiger partial charge in [-0.2, -0.15) is 28.2 Å². The van der Waals surface area contributed by atoms with E-state index in [-0.39, 0.29) is 33.3 Å². The van der Waals surface area contributed by atoms with Crippen molar-refractivity contribution in [3.8, 4) is 0 Å². The third-order valence-electron chi connectivity index (χ3n) is 2.25. The SMILES string of the molecule is CC(C)[N-]CCCCC1=CC=CC1.C[N-]C.C[N-]C.[CH3-].[Hf+4]. The standard InChI is InChI=1S/C12H20N.2C2H6N.CH3.Hf/c1-11(2)13-10-6-5-9-12-7-3-4-8-12;2*1-3-2;;/h3-4,7,11H,5-6,8-10H2,1-2H3;2*1-2H3;1H3;/q4*-1;+4. The summed E-state index contributed by atoms with van der Waals surface area (Å²) in [6.45, 7) is 5.32. The van der Waals surface area contributed by atoms with E-state index < -0.39 is 0 Å². The van der Waals surface area contributed by atoms with Gasteiger partial charge < -0.3 is 23.4 Å². The van der Waals surface area contributed by atoms with Crippen LogP contribution in [-0.4, -0.2) is 40.8 Å². The van der Waals surface area contributed by atoms with Gasteiger partial charge >= 0.3 is 25.8 Å². The summed E-state index contributed by atoms with van der Waals surface area (Å²) in [5, 5.41) is 11.5. The minimum Gasteiger partial charge on any atom is -0.668 e. The molecule has 0 saturated carbocycles. The van der Waals surface area contributed by atoms with Gasteiger partial charge in [0.25, 0.3) is 0 Å². The van der Waals surface area contributed by atoms with Crippen molar-refractivity contribution in [2.75, 3.05) is 34.7 Å². The smallest absolute Gasteiger partial charge is 0.668 e. The largest absolute Gasteiger partial charge is 4.00 e. The normalized spacial score (nSPS) is 11.3. The van der Waals surface area contributed by atoms with Gasteiger partial charge in [0.15, 0.2) is 0 Å². The second-order valence-corrected chi connectivity index (χ2v) is 4.81. The predicted octanol–water partition coefficient (Wildman–Crippen LogP) is 5.51. The van der Waals surface area contributed by atoms with Crippen molar-refractivity contribution in [3.05, 3.63) is 47.2 Å². The van der Waals surface area contributed by atoms with Crippen LogP contribution in [0.15, 0.2) is 23.8 Å². The molecule has 122 valence electrons. The van der Waals surface area contributed by atoms with Crippen LogP contribution < -0.4 is 0 Å². The van der Waals surface area contributed by atoms with Crippen molar-refractivity contribution in [1.29, 1.82) is 0 Å². The maximum atomic E-state index is 4.45. The topological polar surface area (TPSA) is 42.3 Å². The Kier molecular flexibility index (Phi) is 35.1. The van der Waals surface area contributed by atoms with Crippen molar-refractivity contribution < 1.29 is 25.8 Å². The van der Waals surface area contributed by atoms with Crippen LogP contribution >= 0.6 is 0 Å². The third-order valence-corrected chi connectivity index (χ3v) is 2.25. The molecule has 0 saturated heterocycles. The van der Waals surface area contributed by atoms with Gasteiger partial charge in [0, 0.05) is 0 Å². The minimum absolute atomic E-state index is 0. The van der Waals surface area contributed by atoms with Gasteiger partial charge in [0.2, 0.25) is 0 Å². The molecule has 0 unspecified atom stereocenters. The summed E-state index contributed by atoms with van der Waals surface area (Å²) in [6, 6.07) is 0.507. The average molecular weight is 460 g/mol. The first kappa shape index (κ1) is 29.3.